The van der Waals surface area contributed by atoms with Crippen LogP contribution in [0.2, 0.25) is 0 Å². The van der Waals surface area contributed by atoms with Crippen molar-refractivity contribution in [3.63, 3.8) is 0 Å². The maximum atomic E-state index is 3.90. The maximum Gasteiger partial charge on any atom is -0.00257 e. The molecule has 0 bridgehead atoms. The number of rotatable bonds is 3. The van der Waals surface area contributed by atoms with Crippen molar-refractivity contribution in [1.29, 1.82) is 0 Å². The van der Waals surface area contributed by atoms with Gasteiger partial charge in [-0.2, -0.15) is 0 Å². The molecule has 2 rings (SSSR count). The van der Waals surface area contributed by atoms with Gasteiger partial charge in [0, 0.05) is 0 Å². The van der Waals surface area contributed by atoms with Gasteiger partial charge >= 0.3 is 0 Å². The summed E-state index contributed by atoms with van der Waals surface area (Å²) in [6.45, 7) is 3.90. The predicted molar refractivity (Wildman–Crippen MR) is 64.8 cm³/mol. The van der Waals surface area contributed by atoms with Crippen LogP contribution in [0.4, 0.5) is 0 Å². The maximum absolute atomic E-state index is 3.90. The largest absolute Gasteiger partial charge is 0.0622 e. The van der Waals surface area contributed by atoms with Crippen LogP contribution in [0.1, 0.15) is 16.7 Å². The quantitative estimate of drug-likeness (QED) is 0.701. The second-order valence-electron chi connectivity index (χ2n) is 3.73. The van der Waals surface area contributed by atoms with E-state index in [2.05, 4.69) is 61.5 Å². The molecule has 0 N–H and O–H groups in total. The summed E-state index contributed by atoms with van der Waals surface area (Å²) in [6.07, 6.45) is 1.87. The van der Waals surface area contributed by atoms with Crippen molar-refractivity contribution in [2.75, 3.05) is 0 Å². The fourth-order valence-electron chi connectivity index (χ4n) is 1.73. The standard InChI is InChI=1S/C15H15/c1-2-13-9-6-10-15(11-13)12-14-7-4-3-5-8-14/h3-11H,1-2,12H2. The molecule has 0 aliphatic carbocycles. The lowest BCUT2D eigenvalue weighted by atomic mass is 10.0. The van der Waals surface area contributed by atoms with Crippen LogP contribution < -0.4 is 0 Å². The molecular formula is C15H15. The second kappa shape index (κ2) is 4.79. The van der Waals surface area contributed by atoms with Gasteiger partial charge in [-0.3, -0.25) is 0 Å². The summed E-state index contributed by atoms with van der Waals surface area (Å²) in [7, 11) is 0. The minimum absolute atomic E-state index is 0.864. The van der Waals surface area contributed by atoms with Crippen LogP contribution in [0, 0.1) is 6.92 Å². The smallest absolute Gasteiger partial charge is 0.00257 e. The third-order valence-corrected chi connectivity index (χ3v) is 2.53. The molecule has 0 spiro atoms. The van der Waals surface area contributed by atoms with Crippen molar-refractivity contribution in [3.8, 4) is 0 Å². The first-order valence-corrected chi connectivity index (χ1v) is 5.29. The normalized spacial score (nSPS) is 10.2. The average Bonchev–Trinajstić information content (AvgIpc) is 2.31. The minimum atomic E-state index is 0.864. The summed E-state index contributed by atoms with van der Waals surface area (Å²) in [4.78, 5) is 0. The number of hydrogen-bond acceptors (Lipinski definition) is 0. The van der Waals surface area contributed by atoms with Crippen LogP contribution in [0.3, 0.4) is 0 Å². The van der Waals surface area contributed by atoms with E-state index in [1.807, 2.05) is 0 Å². The Morgan fingerprint density at radius 3 is 2.13 bits per heavy atom. The zero-order valence-electron chi connectivity index (χ0n) is 8.82. The molecule has 0 nitrogen and oxygen atoms in total. The monoisotopic (exact) mass is 195 g/mol. The van der Waals surface area contributed by atoms with Crippen molar-refractivity contribution in [1.82, 2.24) is 0 Å². The average molecular weight is 195 g/mol. The summed E-state index contributed by atoms with van der Waals surface area (Å²) in [5.74, 6) is 0. The zero-order valence-corrected chi connectivity index (χ0v) is 8.82. The Morgan fingerprint density at radius 2 is 1.40 bits per heavy atom. The summed E-state index contributed by atoms with van der Waals surface area (Å²) in [6, 6.07) is 19.2. The van der Waals surface area contributed by atoms with Gasteiger partial charge in [-0.1, -0.05) is 54.6 Å². The molecule has 15 heavy (non-hydrogen) atoms. The Kier molecular flexibility index (Phi) is 3.18. The molecule has 0 aliphatic rings. The predicted octanol–water partition coefficient (Wildman–Crippen LogP) is 3.65. The number of hydrogen-bond donors (Lipinski definition) is 0. The van der Waals surface area contributed by atoms with E-state index < -0.39 is 0 Å². The van der Waals surface area contributed by atoms with Crippen LogP contribution >= 0.6 is 0 Å². The topological polar surface area (TPSA) is 0 Å². The highest BCUT2D eigenvalue weighted by Crippen LogP contribution is 2.11. The van der Waals surface area contributed by atoms with Crippen molar-refractivity contribution >= 4 is 0 Å². The molecule has 0 atom stereocenters. The van der Waals surface area contributed by atoms with E-state index >= 15 is 0 Å². The van der Waals surface area contributed by atoms with Crippen LogP contribution in [0.25, 0.3) is 0 Å². The van der Waals surface area contributed by atoms with Gasteiger partial charge in [0.25, 0.3) is 0 Å². The Bertz CT molecular complexity index is 415. The summed E-state index contributed by atoms with van der Waals surface area (Å²) in [5.41, 5.74) is 4.03. The minimum Gasteiger partial charge on any atom is -0.0622 e. The van der Waals surface area contributed by atoms with Gasteiger partial charge in [0.15, 0.2) is 0 Å². The lowest BCUT2D eigenvalue weighted by Gasteiger charge is -2.03. The van der Waals surface area contributed by atoms with Crippen molar-refractivity contribution in [2.24, 2.45) is 0 Å². The second-order valence-corrected chi connectivity index (χ2v) is 3.73. The highest BCUT2D eigenvalue weighted by Gasteiger charge is 1.96. The van der Waals surface area contributed by atoms with Crippen LogP contribution in [-0.2, 0) is 12.8 Å². The summed E-state index contributed by atoms with van der Waals surface area (Å²) >= 11 is 0. The third kappa shape index (κ3) is 2.69. The Hall–Kier alpha value is -1.56. The molecule has 0 amide bonds. The first-order chi connectivity index (χ1) is 7.38. The van der Waals surface area contributed by atoms with Crippen LogP contribution in [0.5, 0.6) is 0 Å². The Balaban J connectivity index is 2.17. The molecule has 2 aromatic carbocycles. The van der Waals surface area contributed by atoms with Gasteiger partial charge in [0.05, 0.1) is 0 Å². The Labute approximate surface area is 91.6 Å². The molecule has 0 aliphatic heterocycles. The number of benzene rings is 2. The summed E-state index contributed by atoms with van der Waals surface area (Å²) < 4.78 is 0. The fraction of sp³-hybridized carbons (Fsp3) is 0.133. The third-order valence-electron chi connectivity index (χ3n) is 2.53. The molecule has 0 saturated heterocycles. The van der Waals surface area contributed by atoms with E-state index in [4.69, 9.17) is 0 Å². The van der Waals surface area contributed by atoms with Gasteiger partial charge < -0.3 is 0 Å². The van der Waals surface area contributed by atoms with Crippen LogP contribution in [-0.4, -0.2) is 0 Å². The molecule has 0 aromatic heterocycles. The SMILES string of the molecule is [CH2]Cc1cccc(Cc2ccccc2)c1. The Morgan fingerprint density at radius 1 is 0.733 bits per heavy atom. The molecule has 0 heterocycles. The molecule has 75 valence electrons. The molecule has 0 unspecified atom stereocenters. The molecule has 0 saturated carbocycles. The van der Waals surface area contributed by atoms with E-state index in [1.54, 1.807) is 0 Å². The van der Waals surface area contributed by atoms with Gasteiger partial charge in [-0.25, -0.2) is 0 Å². The zero-order chi connectivity index (χ0) is 10.5. The van der Waals surface area contributed by atoms with E-state index in [0.29, 0.717) is 0 Å². The van der Waals surface area contributed by atoms with Gasteiger partial charge in [-0.15, -0.1) is 0 Å². The van der Waals surface area contributed by atoms with Crippen molar-refractivity contribution in [2.45, 2.75) is 12.8 Å². The van der Waals surface area contributed by atoms with Gasteiger partial charge in [0.1, 0.15) is 0 Å². The molecular weight excluding hydrogens is 180 g/mol. The molecule has 2 aromatic rings. The lowest BCUT2D eigenvalue weighted by molar-refractivity contribution is 1.16. The fourth-order valence-corrected chi connectivity index (χ4v) is 1.73. The molecule has 1 radical (unpaired) electrons. The van der Waals surface area contributed by atoms with Crippen molar-refractivity contribution in [3.05, 3.63) is 78.2 Å². The van der Waals surface area contributed by atoms with Gasteiger partial charge in [0.2, 0.25) is 0 Å². The van der Waals surface area contributed by atoms with E-state index in [0.717, 1.165) is 12.8 Å². The molecule has 0 heteroatoms. The van der Waals surface area contributed by atoms with Gasteiger partial charge in [-0.05, 0) is 36.5 Å². The first kappa shape index (κ1) is 9.97. The van der Waals surface area contributed by atoms with Crippen LogP contribution in [0.15, 0.2) is 54.6 Å². The summed E-state index contributed by atoms with van der Waals surface area (Å²) in [5, 5.41) is 0. The van der Waals surface area contributed by atoms with Crippen molar-refractivity contribution < 1.29 is 0 Å². The molecule has 0 fully saturated rings. The van der Waals surface area contributed by atoms with E-state index in [9.17, 15) is 0 Å². The first-order valence-electron chi connectivity index (χ1n) is 5.29. The lowest BCUT2D eigenvalue weighted by Crippen LogP contribution is -1.89. The highest BCUT2D eigenvalue weighted by atomic mass is 14.0. The van der Waals surface area contributed by atoms with E-state index in [1.165, 1.54) is 16.7 Å². The highest BCUT2D eigenvalue weighted by molar-refractivity contribution is 5.29. The van der Waals surface area contributed by atoms with E-state index in [-0.39, 0.29) is 0 Å².